The number of carboxylic acids is 1. The molecule has 3 rings (SSSR count). The van der Waals surface area contributed by atoms with Gasteiger partial charge in [0.2, 0.25) is 0 Å². The lowest BCUT2D eigenvalue weighted by atomic mass is 9.94. The van der Waals surface area contributed by atoms with Crippen molar-refractivity contribution in [2.45, 2.75) is 20.3 Å². The Kier molecular flexibility index (Phi) is 6.60. The van der Waals surface area contributed by atoms with Gasteiger partial charge in [0, 0.05) is 6.54 Å². The Hall–Kier alpha value is -2.50. The Morgan fingerprint density at radius 1 is 1.11 bits per heavy atom. The summed E-state index contributed by atoms with van der Waals surface area (Å²) >= 11 is 6.21. The van der Waals surface area contributed by atoms with Gasteiger partial charge in [-0.15, -0.1) is 0 Å². The Labute approximate surface area is 169 Å². The van der Waals surface area contributed by atoms with E-state index < -0.39 is 5.97 Å². The van der Waals surface area contributed by atoms with E-state index in [2.05, 4.69) is 5.32 Å². The first-order chi connectivity index (χ1) is 13.5. The molecule has 0 spiro atoms. The van der Waals surface area contributed by atoms with Crippen molar-refractivity contribution < 1.29 is 19.4 Å². The van der Waals surface area contributed by atoms with Crippen LogP contribution < -0.4 is 14.8 Å². The lowest BCUT2D eigenvalue weighted by Gasteiger charge is -2.19. The van der Waals surface area contributed by atoms with Gasteiger partial charge in [-0.2, -0.15) is 0 Å². The van der Waals surface area contributed by atoms with E-state index in [1.165, 1.54) is 0 Å². The van der Waals surface area contributed by atoms with Crippen LogP contribution in [-0.2, 0) is 4.79 Å². The molecule has 28 heavy (non-hydrogen) atoms. The lowest BCUT2D eigenvalue weighted by Crippen LogP contribution is -2.28. The number of rotatable bonds is 7. The fraction of sp³-hybridized carbons (Fsp3) is 0.318. The molecule has 2 aromatic carbocycles. The second kappa shape index (κ2) is 9.13. The van der Waals surface area contributed by atoms with Crippen molar-refractivity contribution >= 4 is 23.1 Å². The van der Waals surface area contributed by atoms with Crippen molar-refractivity contribution in [3.8, 4) is 11.5 Å². The van der Waals surface area contributed by atoms with E-state index in [1.807, 2.05) is 50.2 Å². The molecule has 0 aromatic heterocycles. The molecule has 0 saturated heterocycles. The van der Waals surface area contributed by atoms with E-state index in [1.54, 1.807) is 0 Å². The fourth-order valence-electron chi connectivity index (χ4n) is 3.14. The molecule has 0 atom stereocenters. The molecule has 6 heteroatoms. The van der Waals surface area contributed by atoms with E-state index in [-0.39, 0.29) is 0 Å². The van der Waals surface area contributed by atoms with Crippen LogP contribution >= 0.6 is 11.6 Å². The van der Waals surface area contributed by atoms with Crippen molar-refractivity contribution in [3.63, 3.8) is 0 Å². The number of ether oxygens (including phenoxy) is 2. The van der Waals surface area contributed by atoms with Crippen LogP contribution in [-0.4, -0.2) is 37.4 Å². The Balaban J connectivity index is 1.57. The minimum Gasteiger partial charge on any atom is -0.490 e. The van der Waals surface area contributed by atoms with Crippen LogP contribution in [0, 0.1) is 13.8 Å². The van der Waals surface area contributed by atoms with Gasteiger partial charge >= 0.3 is 5.97 Å². The number of benzene rings is 2. The molecular weight excluding hydrogens is 378 g/mol. The van der Waals surface area contributed by atoms with E-state index >= 15 is 0 Å². The van der Waals surface area contributed by atoms with Gasteiger partial charge in [0.1, 0.15) is 24.7 Å². The summed E-state index contributed by atoms with van der Waals surface area (Å²) in [5.41, 5.74) is 4.49. The van der Waals surface area contributed by atoms with Crippen molar-refractivity contribution in [3.05, 3.63) is 63.7 Å². The maximum Gasteiger partial charge on any atom is 0.333 e. The lowest BCUT2D eigenvalue weighted by molar-refractivity contribution is -0.132. The highest BCUT2D eigenvalue weighted by atomic mass is 35.5. The molecule has 1 heterocycles. The first-order valence-electron chi connectivity index (χ1n) is 9.24. The number of aliphatic carboxylic acids is 1. The molecule has 0 radical (unpaired) electrons. The van der Waals surface area contributed by atoms with Crippen molar-refractivity contribution in [1.82, 2.24) is 5.32 Å². The third kappa shape index (κ3) is 4.86. The predicted octanol–water partition coefficient (Wildman–Crippen LogP) is 4.25. The molecule has 2 aromatic rings. The predicted molar refractivity (Wildman–Crippen MR) is 110 cm³/mol. The summed E-state index contributed by atoms with van der Waals surface area (Å²) in [5.74, 6) is 0.498. The van der Waals surface area contributed by atoms with E-state index in [0.717, 1.165) is 28.8 Å². The number of carboxylic acid groups (broad SMARTS) is 1. The van der Waals surface area contributed by atoms with Crippen LogP contribution in [0.1, 0.15) is 23.1 Å². The van der Waals surface area contributed by atoms with Gasteiger partial charge < -0.3 is 19.9 Å². The van der Waals surface area contributed by atoms with Crippen molar-refractivity contribution in [1.29, 1.82) is 0 Å². The minimum atomic E-state index is -0.871. The smallest absolute Gasteiger partial charge is 0.333 e. The molecule has 148 valence electrons. The monoisotopic (exact) mass is 401 g/mol. The third-order valence-electron chi connectivity index (χ3n) is 4.84. The SMILES string of the molecule is Cc1cc(Cl)c(OCCOc2ccc(C3=C(C(=O)O)CNCC3)cc2)cc1C. The molecule has 0 unspecified atom stereocenters. The number of nitrogens with one attached hydrogen (secondary N) is 1. The summed E-state index contributed by atoms with van der Waals surface area (Å²) in [6.45, 7) is 5.96. The van der Waals surface area contributed by atoms with Crippen LogP contribution in [0.4, 0.5) is 0 Å². The average Bonchev–Trinajstić information content (AvgIpc) is 2.69. The van der Waals surface area contributed by atoms with Gasteiger partial charge in [-0.3, -0.25) is 0 Å². The molecule has 0 saturated carbocycles. The number of carbonyl (C=O) groups is 1. The van der Waals surface area contributed by atoms with Crippen LogP contribution in [0.3, 0.4) is 0 Å². The first-order valence-corrected chi connectivity index (χ1v) is 9.62. The minimum absolute atomic E-state index is 0.379. The molecule has 2 N–H and O–H groups in total. The number of hydrogen-bond acceptors (Lipinski definition) is 4. The summed E-state index contributed by atoms with van der Waals surface area (Å²) in [6, 6.07) is 11.3. The van der Waals surface area contributed by atoms with Crippen LogP contribution in [0.25, 0.3) is 5.57 Å². The summed E-state index contributed by atoms with van der Waals surface area (Å²) in [6.07, 6.45) is 0.701. The van der Waals surface area contributed by atoms with Crippen LogP contribution in [0.2, 0.25) is 5.02 Å². The molecule has 0 amide bonds. The third-order valence-corrected chi connectivity index (χ3v) is 5.13. The Bertz CT molecular complexity index is 890. The highest BCUT2D eigenvalue weighted by molar-refractivity contribution is 6.32. The Morgan fingerprint density at radius 3 is 2.50 bits per heavy atom. The van der Waals surface area contributed by atoms with Gasteiger partial charge in [-0.25, -0.2) is 4.79 Å². The van der Waals surface area contributed by atoms with E-state index in [4.69, 9.17) is 21.1 Å². The summed E-state index contributed by atoms with van der Waals surface area (Å²) < 4.78 is 11.4. The molecule has 5 nitrogen and oxygen atoms in total. The molecule has 0 fully saturated rings. The van der Waals surface area contributed by atoms with Gasteiger partial charge in [-0.1, -0.05) is 23.7 Å². The second-order valence-electron chi connectivity index (χ2n) is 6.78. The standard InChI is InChI=1S/C22H24ClNO4/c1-14-11-20(23)21(12-15(14)2)28-10-9-27-17-5-3-16(4-6-17)18-7-8-24-13-19(18)22(25)26/h3-6,11-12,24H,7-10,13H2,1-2H3,(H,25,26). The fourth-order valence-corrected chi connectivity index (χ4v) is 3.41. The van der Waals surface area contributed by atoms with E-state index in [0.29, 0.717) is 48.3 Å². The zero-order valence-corrected chi connectivity index (χ0v) is 16.8. The second-order valence-corrected chi connectivity index (χ2v) is 7.18. The summed E-state index contributed by atoms with van der Waals surface area (Å²) in [4.78, 5) is 11.4. The summed E-state index contributed by atoms with van der Waals surface area (Å²) in [5, 5.41) is 13.1. The molecule has 0 bridgehead atoms. The van der Waals surface area contributed by atoms with Gasteiger partial charge in [-0.05, 0) is 73.3 Å². The molecule has 1 aliphatic heterocycles. The number of hydrogen-bond donors (Lipinski definition) is 2. The quantitative estimate of drug-likeness (QED) is 0.679. The highest BCUT2D eigenvalue weighted by Crippen LogP contribution is 2.28. The Morgan fingerprint density at radius 2 is 1.79 bits per heavy atom. The van der Waals surface area contributed by atoms with Crippen LogP contribution in [0.5, 0.6) is 11.5 Å². The highest BCUT2D eigenvalue weighted by Gasteiger charge is 2.19. The average molecular weight is 402 g/mol. The number of aryl methyl sites for hydroxylation is 2. The van der Waals surface area contributed by atoms with Crippen molar-refractivity contribution in [2.75, 3.05) is 26.3 Å². The van der Waals surface area contributed by atoms with Gasteiger partial charge in [0.15, 0.2) is 0 Å². The maximum absolute atomic E-state index is 11.4. The molecule has 0 aliphatic carbocycles. The van der Waals surface area contributed by atoms with Gasteiger partial charge in [0.05, 0.1) is 10.6 Å². The van der Waals surface area contributed by atoms with Crippen molar-refractivity contribution in [2.24, 2.45) is 0 Å². The largest absolute Gasteiger partial charge is 0.490 e. The zero-order valence-electron chi connectivity index (χ0n) is 16.0. The van der Waals surface area contributed by atoms with Crippen LogP contribution in [0.15, 0.2) is 42.0 Å². The topological polar surface area (TPSA) is 67.8 Å². The normalized spacial score (nSPS) is 14.1. The number of halogens is 1. The summed E-state index contributed by atoms with van der Waals surface area (Å²) in [7, 11) is 0. The molecular formula is C22H24ClNO4. The maximum atomic E-state index is 11.4. The molecule has 1 aliphatic rings. The van der Waals surface area contributed by atoms with E-state index in [9.17, 15) is 9.90 Å². The van der Waals surface area contributed by atoms with Gasteiger partial charge in [0.25, 0.3) is 0 Å². The zero-order chi connectivity index (χ0) is 20.1. The first kappa shape index (κ1) is 20.2.